The van der Waals surface area contributed by atoms with Gasteiger partial charge in [-0.15, -0.1) is 0 Å². The number of nitrogens with one attached hydrogen (secondary N) is 1. The predicted octanol–water partition coefficient (Wildman–Crippen LogP) is 3.75. The molecule has 1 heterocycles. The van der Waals surface area contributed by atoms with E-state index in [0.717, 1.165) is 4.47 Å². The highest BCUT2D eigenvalue weighted by molar-refractivity contribution is 9.10. The first-order valence-corrected chi connectivity index (χ1v) is 4.96. The van der Waals surface area contributed by atoms with E-state index in [1.807, 2.05) is 6.20 Å². The maximum atomic E-state index is 3.42. The van der Waals surface area contributed by atoms with Gasteiger partial charge in [0.2, 0.25) is 0 Å². The third kappa shape index (κ3) is 1.68. The van der Waals surface area contributed by atoms with Gasteiger partial charge in [-0.05, 0) is 36.2 Å². The summed E-state index contributed by atoms with van der Waals surface area (Å²) in [4.78, 5) is 3.23. The van der Waals surface area contributed by atoms with Crippen LogP contribution < -0.4 is 0 Å². The molecule has 0 unspecified atom stereocenters. The molecule has 0 aliphatic carbocycles. The summed E-state index contributed by atoms with van der Waals surface area (Å²) in [6, 6.07) is 10.4. The van der Waals surface area contributed by atoms with Crippen molar-refractivity contribution in [2.45, 2.75) is 6.92 Å². The van der Waals surface area contributed by atoms with Crippen LogP contribution in [0.2, 0.25) is 0 Å². The van der Waals surface area contributed by atoms with Crippen LogP contribution in [0.4, 0.5) is 0 Å². The van der Waals surface area contributed by atoms with Crippen LogP contribution in [0.15, 0.2) is 41.0 Å². The van der Waals surface area contributed by atoms with Crippen molar-refractivity contribution in [2.24, 2.45) is 0 Å². The Bertz CT molecular complexity index is 400. The van der Waals surface area contributed by atoms with Crippen LogP contribution in [0, 0.1) is 6.92 Å². The second kappa shape index (κ2) is 3.38. The Kier molecular flexibility index (Phi) is 2.23. The van der Waals surface area contributed by atoms with Crippen molar-refractivity contribution in [3.63, 3.8) is 0 Å². The molecule has 0 fully saturated rings. The van der Waals surface area contributed by atoms with Crippen molar-refractivity contribution in [3.05, 3.63) is 46.6 Å². The first kappa shape index (κ1) is 8.57. The number of halogens is 1. The van der Waals surface area contributed by atoms with E-state index in [0.29, 0.717) is 0 Å². The van der Waals surface area contributed by atoms with Crippen LogP contribution in [-0.4, -0.2) is 4.98 Å². The summed E-state index contributed by atoms with van der Waals surface area (Å²) in [5, 5.41) is 0. The lowest BCUT2D eigenvalue weighted by Crippen LogP contribution is -1.79. The number of H-pyrrole nitrogens is 1. The van der Waals surface area contributed by atoms with E-state index in [-0.39, 0.29) is 0 Å². The number of aryl methyl sites for hydroxylation is 1. The molecule has 0 amide bonds. The van der Waals surface area contributed by atoms with Gasteiger partial charge >= 0.3 is 0 Å². The van der Waals surface area contributed by atoms with Crippen LogP contribution in [0.5, 0.6) is 0 Å². The minimum absolute atomic E-state index is 1.11. The Hall–Kier alpha value is -1.02. The van der Waals surface area contributed by atoms with Gasteiger partial charge in [0.1, 0.15) is 0 Å². The normalized spacial score (nSPS) is 10.3. The standard InChI is InChI=1S/C11H10BrN/c1-8-6-7-13-11(8)9-2-4-10(12)5-3-9/h2-7,13H,1H3. The van der Waals surface area contributed by atoms with Crippen molar-refractivity contribution in [1.82, 2.24) is 4.98 Å². The lowest BCUT2D eigenvalue weighted by molar-refractivity contribution is 1.37. The highest BCUT2D eigenvalue weighted by atomic mass is 79.9. The average Bonchev–Trinajstić information content (AvgIpc) is 2.53. The number of rotatable bonds is 1. The Morgan fingerprint density at radius 3 is 2.31 bits per heavy atom. The van der Waals surface area contributed by atoms with E-state index >= 15 is 0 Å². The van der Waals surface area contributed by atoms with E-state index in [4.69, 9.17) is 0 Å². The number of aromatic nitrogens is 1. The van der Waals surface area contributed by atoms with Crippen molar-refractivity contribution >= 4 is 15.9 Å². The molecule has 0 atom stereocenters. The molecule has 0 bridgehead atoms. The third-order valence-electron chi connectivity index (χ3n) is 2.09. The first-order chi connectivity index (χ1) is 6.27. The summed E-state index contributed by atoms with van der Waals surface area (Å²) in [5.41, 5.74) is 3.71. The van der Waals surface area contributed by atoms with Gasteiger partial charge in [-0.3, -0.25) is 0 Å². The van der Waals surface area contributed by atoms with Crippen molar-refractivity contribution in [1.29, 1.82) is 0 Å². The second-order valence-corrected chi connectivity index (χ2v) is 3.96. The number of hydrogen-bond donors (Lipinski definition) is 1. The molecule has 1 aromatic carbocycles. The first-order valence-electron chi connectivity index (χ1n) is 4.17. The molecule has 0 saturated carbocycles. The zero-order valence-electron chi connectivity index (χ0n) is 7.34. The minimum Gasteiger partial charge on any atom is -0.361 e. The van der Waals surface area contributed by atoms with Gasteiger partial charge in [-0.2, -0.15) is 0 Å². The van der Waals surface area contributed by atoms with Gasteiger partial charge < -0.3 is 4.98 Å². The van der Waals surface area contributed by atoms with Gasteiger partial charge in [-0.25, -0.2) is 0 Å². The van der Waals surface area contributed by atoms with Crippen LogP contribution in [0.25, 0.3) is 11.3 Å². The molecule has 0 aliphatic heterocycles. The van der Waals surface area contributed by atoms with Gasteiger partial charge in [-0.1, -0.05) is 28.1 Å². The van der Waals surface area contributed by atoms with Gasteiger partial charge in [0.25, 0.3) is 0 Å². The molecule has 1 N–H and O–H groups in total. The molecule has 13 heavy (non-hydrogen) atoms. The molecule has 66 valence electrons. The molecule has 1 nitrogen and oxygen atoms in total. The van der Waals surface area contributed by atoms with Gasteiger partial charge in [0.15, 0.2) is 0 Å². The third-order valence-corrected chi connectivity index (χ3v) is 2.62. The van der Waals surface area contributed by atoms with Gasteiger partial charge in [0.05, 0.1) is 0 Å². The van der Waals surface area contributed by atoms with E-state index < -0.39 is 0 Å². The van der Waals surface area contributed by atoms with E-state index in [9.17, 15) is 0 Å². The molecule has 2 rings (SSSR count). The summed E-state index contributed by atoms with van der Waals surface area (Å²) in [6.45, 7) is 2.11. The summed E-state index contributed by atoms with van der Waals surface area (Å²) < 4.78 is 1.11. The van der Waals surface area contributed by atoms with Crippen LogP contribution in [0.3, 0.4) is 0 Å². The van der Waals surface area contributed by atoms with Crippen LogP contribution in [0.1, 0.15) is 5.56 Å². The molecule has 2 heteroatoms. The molecular weight excluding hydrogens is 226 g/mol. The average molecular weight is 236 g/mol. The molecule has 1 aromatic heterocycles. The number of benzene rings is 1. The molecular formula is C11H10BrN. The summed E-state index contributed by atoms with van der Waals surface area (Å²) >= 11 is 3.42. The fourth-order valence-corrected chi connectivity index (χ4v) is 1.64. The Morgan fingerprint density at radius 1 is 1.08 bits per heavy atom. The Labute approximate surface area is 85.9 Å². The van der Waals surface area contributed by atoms with Crippen molar-refractivity contribution in [3.8, 4) is 11.3 Å². The summed E-state index contributed by atoms with van der Waals surface area (Å²) in [6.07, 6.45) is 1.96. The number of hydrogen-bond acceptors (Lipinski definition) is 0. The van der Waals surface area contributed by atoms with Crippen molar-refractivity contribution < 1.29 is 0 Å². The lowest BCUT2D eigenvalue weighted by Gasteiger charge is -2.00. The Balaban J connectivity index is 2.47. The van der Waals surface area contributed by atoms with E-state index in [1.165, 1.54) is 16.8 Å². The lowest BCUT2D eigenvalue weighted by atomic mass is 10.1. The van der Waals surface area contributed by atoms with E-state index in [2.05, 4.69) is 58.2 Å². The SMILES string of the molecule is Cc1cc[nH]c1-c1ccc(Br)cc1. The molecule has 2 aromatic rings. The predicted molar refractivity (Wildman–Crippen MR) is 58.7 cm³/mol. The monoisotopic (exact) mass is 235 g/mol. The molecule has 0 saturated heterocycles. The topological polar surface area (TPSA) is 15.8 Å². The largest absolute Gasteiger partial charge is 0.361 e. The number of aromatic amines is 1. The van der Waals surface area contributed by atoms with Crippen molar-refractivity contribution in [2.75, 3.05) is 0 Å². The second-order valence-electron chi connectivity index (χ2n) is 3.04. The quantitative estimate of drug-likeness (QED) is 0.776. The fraction of sp³-hybridized carbons (Fsp3) is 0.0909. The molecule has 0 radical (unpaired) electrons. The fourth-order valence-electron chi connectivity index (χ4n) is 1.37. The Morgan fingerprint density at radius 2 is 1.77 bits per heavy atom. The summed E-state index contributed by atoms with van der Waals surface area (Å²) in [7, 11) is 0. The molecule has 0 spiro atoms. The smallest absolute Gasteiger partial charge is 0.0483 e. The summed E-state index contributed by atoms with van der Waals surface area (Å²) in [5.74, 6) is 0. The van der Waals surface area contributed by atoms with Crippen LogP contribution >= 0.6 is 15.9 Å². The molecule has 0 aliphatic rings. The zero-order chi connectivity index (χ0) is 9.26. The van der Waals surface area contributed by atoms with E-state index in [1.54, 1.807) is 0 Å². The maximum Gasteiger partial charge on any atom is 0.0483 e. The van der Waals surface area contributed by atoms with Crippen LogP contribution in [-0.2, 0) is 0 Å². The van der Waals surface area contributed by atoms with Gasteiger partial charge in [0, 0.05) is 16.4 Å². The highest BCUT2D eigenvalue weighted by Gasteiger charge is 2.00. The highest BCUT2D eigenvalue weighted by Crippen LogP contribution is 2.22. The maximum absolute atomic E-state index is 3.42. The zero-order valence-corrected chi connectivity index (χ0v) is 8.93. The minimum atomic E-state index is 1.11.